The van der Waals surface area contributed by atoms with Crippen molar-refractivity contribution in [2.75, 3.05) is 0 Å². The first kappa shape index (κ1) is 10.9. The van der Waals surface area contributed by atoms with Crippen LogP contribution in [0.15, 0.2) is 24.3 Å². The van der Waals surface area contributed by atoms with Crippen LogP contribution in [0, 0.1) is 8.99 Å². The predicted octanol–water partition coefficient (Wildman–Crippen LogP) is 2.82. The van der Waals surface area contributed by atoms with E-state index in [2.05, 4.69) is 41.8 Å². The Morgan fingerprint density at radius 2 is 1.93 bits per heavy atom. The lowest BCUT2D eigenvalue weighted by atomic mass is 10.1. The fourth-order valence-electron chi connectivity index (χ4n) is 1.56. The minimum Gasteiger partial charge on any atom is -0.349 e. The van der Waals surface area contributed by atoms with Gasteiger partial charge in [-0.15, -0.1) is 0 Å². The molecular weight excluding hydrogens is 301 g/mol. The topological polar surface area (TPSA) is 29.1 Å². The van der Waals surface area contributed by atoms with E-state index in [1.807, 2.05) is 24.3 Å². The maximum absolute atomic E-state index is 11.8. The second-order valence-corrected chi connectivity index (χ2v) is 5.97. The smallest absolute Gasteiger partial charge is 0.251 e. The molecule has 0 aliphatic heterocycles. The standard InChI is InChI=1S/C12H14INO/c1-12(2)7-10(12)14-11(15)8-3-5-9(13)6-4-8/h3-6,10H,7H2,1-2H3,(H,14,15). The number of hydrogen-bond donors (Lipinski definition) is 1. The molecule has 2 nitrogen and oxygen atoms in total. The highest BCUT2D eigenvalue weighted by Gasteiger charge is 2.46. The van der Waals surface area contributed by atoms with Crippen LogP contribution in [0.3, 0.4) is 0 Å². The van der Waals surface area contributed by atoms with Crippen LogP contribution in [-0.4, -0.2) is 11.9 Å². The Morgan fingerprint density at radius 1 is 1.40 bits per heavy atom. The summed E-state index contributed by atoms with van der Waals surface area (Å²) in [5.74, 6) is 0.0435. The Labute approximate surface area is 104 Å². The van der Waals surface area contributed by atoms with E-state index in [9.17, 15) is 4.79 Å². The van der Waals surface area contributed by atoms with Crippen LogP contribution in [-0.2, 0) is 0 Å². The minimum atomic E-state index is 0.0435. The highest BCUT2D eigenvalue weighted by molar-refractivity contribution is 14.1. The molecule has 0 spiro atoms. The first-order valence-corrected chi connectivity index (χ1v) is 6.13. The lowest BCUT2D eigenvalue weighted by molar-refractivity contribution is 0.0946. The summed E-state index contributed by atoms with van der Waals surface area (Å²) in [6, 6.07) is 7.99. The summed E-state index contributed by atoms with van der Waals surface area (Å²) in [4.78, 5) is 11.8. The van der Waals surface area contributed by atoms with Gasteiger partial charge in [-0.25, -0.2) is 0 Å². The summed E-state index contributed by atoms with van der Waals surface area (Å²) < 4.78 is 1.15. The second kappa shape index (κ2) is 3.77. The van der Waals surface area contributed by atoms with Crippen LogP contribution >= 0.6 is 22.6 Å². The number of carbonyl (C=O) groups is 1. The van der Waals surface area contributed by atoms with Gasteiger partial charge < -0.3 is 5.32 Å². The van der Waals surface area contributed by atoms with Crippen molar-refractivity contribution in [3.8, 4) is 0 Å². The van der Waals surface area contributed by atoms with Gasteiger partial charge >= 0.3 is 0 Å². The van der Waals surface area contributed by atoms with E-state index in [4.69, 9.17) is 0 Å². The largest absolute Gasteiger partial charge is 0.349 e. The molecule has 1 fully saturated rings. The van der Waals surface area contributed by atoms with Crippen LogP contribution in [0.5, 0.6) is 0 Å². The van der Waals surface area contributed by atoms with Crippen LogP contribution in [0.2, 0.25) is 0 Å². The normalized spacial score (nSPS) is 22.2. The van der Waals surface area contributed by atoms with E-state index in [1.165, 1.54) is 0 Å². The van der Waals surface area contributed by atoms with Crippen molar-refractivity contribution in [2.24, 2.45) is 5.41 Å². The van der Waals surface area contributed by atoms with Gasteiger partial charge in [0.15, 0.2) is 0 Å². The molecule has 1 saturated carbocycles. The fraction of sp³-hybridized carbons (Fsp3) is 0.417. The Bertz CT molecular complexity index is 383. The van der Waals surface area contributed by atoms with E-state index in [-0.39, 0.29) is 5.91 Å². The molecule has 1 aromatic carbocycles. The highest BCUT2D eigenvalue weighted by atomic mass is 127. The molecule has 15 heavy (non-hydrogen) atoms. The second-order valence-electron chi connectivity index (χ2n) is 4.73. The third-order valence-electron chi connectivity index (χ3n) is 2.93. The Balaban J connectivity index is 2.00. The number of hydrogen-bond acceptors (Lipinski definition) is 1. The summed E-state index contributed by atoms with van der Waals surface area (Å²) >= 11 is 2.23. The average Bonchev–Trinajstić information content (AvgIpc) is 2.74. The van der Waals surface area contributed by atoms with Gasteiger partial charge in [-0.05, 0) is 58.7 Å². The van der Waals surface area contributed by atoms with Crippen molar-refractivity contribution < 1.29 is 4.79 Å². The molecule has 1 N–H and O–H groups in total. The molecule has 1 aliphatic carbocycles. The number of rotatable bonds is 2. The molecule has 1 unspecified atom stereocenters. The number of benzene rings is 1. The third kappa shape index (κ3) is 2.51. The van der Waals surface area contributed by atoms with Crippen LogP contribution < -0.4 is 5.32 Å². The molecule has 1 atom stereocenters. The van der Waals surface area contributed by atoms with E-state index in [0.29, 0.717) is 11.5 Å². The minimum absolute atomic E-state index is 0.0435. The molecule has 1 aliphatic rings. The van der Waals surface area contributed by atoms with Crippen molar-refractivity contribution in [1.29, 1.82) is 0 Å². The fourth-order valence-corrected chi connectivity index (χ4v) is 1.92. The molecule has 0 heterocycles. The van der Waals surface area contributed by atoms with Gasteiger partial charge in [0.1, 0.15) is 0 Å². The van der Waals surface area contributed by atoms with Gasteiger partial charge in [0, 0.05) is 15.2 Å². The number of nitrogens with one attached hydrogen (secondary N) is 1. The molecular formula is C12H14INO. The highest BCUT2D eigenvalue weighted by Crippen LogP contribution is 2.44. The van der Waals surface area contributed by atoms with E-state index >= 15 is 0 Å². The van der Waals surface area contributed by atoms with Crippen molar-refractivity contribution in [2.45, 2.75) is 26.3 Å². The maximum atomic E-state index is 11.8. The third-order valence-corrected chi connectivity index (χ3v) is 3.64. The summed E-state index contributed by atoms with van der Waals surface area (Å²) in [5, 5.41) is 3.04. The van der Waals surface area contributed by atoms with Crippen LogP contribution in [0.4, 0.5) is 0 Å². The molecule has 3 heteroatoms. The molecule has 0 saturated heterocycles. The lowest BCUT2D eigenvalue weighted by Gasteiger charge is -2.06. The number of halogens is 1. The summed E-state index contributed by atoms with van der Waals surface area (Å²) in [5.41, 5.74) is 1.04. The number of amides is 1. The van der Waals surface area contributed by atoms with Gasteiger partial charge in [0.25, 0.3) is 5.91 Å². The van der Waals surface area contributed by atoms with Crippen molar-refractivity contribution >= 4 is 28.5 Å². The van der Waals surface area contributed by atoms with Crippen LogP contribution in [0.1, 0.15) is 30.6 Å². The SMILES string of the molecule is CC1(C)CC1NC(=O)c1ccc(I)cc1. The monoisotopic (exact) mass is 315 g/mol. The number of carbonyl (C=O) groups excluding carboxylic acids is 1. The zero-order chi connectivity index (χ0) is 11.1. The average molecular weight is 315 g/mol. The zero-order valence-corrected chi connectivity index (χ0v) is 11.0. The molecule has 1 amide bonds. The molecule has 1 aromatic rings. The van der Waals surface area contributed by atoms with E-state index < -0.39 is 0 Å². The predicted molar refractivity (Wildman–Crippen MR) is 68.8 cm³/mol. The van der Waals surface area contributed by atoms with Gasteiger partial charge in [-0.2, -0.15) is 0 Å². The van der Waals surface area contributed by atoms with Crippen molar-refractivity contribution in [3.05, 3.63) is 33.4 Å². The molecule has 0 aromatic heterocycles. The van der Waals surface area contributed by atoms with Gasteiger partial charge in [-0.3, -0.25) is 4.79 Å². The van der Waals surface area contributed by atoms with Crippen molar-refractivity contribution in [3.63, 3.8) is 0 Å². The van der Waals surface area contributed by atoms with Crippen molar-refractivity contribution in [1.82, 2.24) is 5.32 Å². The molecule has 2 rings (SSSR count). The summed E-state index contributed by atoms with van der Waals surface area (Å²) in [6.07, 6.45) is 1.09. The summed E-state index contributed by atoms with van der Waals surface area (Å²) in [7, 11) is 0. The van der Waals surface area contributed by atoms with Gasteiger partial charge in [-0.1, -0.05) is 13.8 Å². The molecule has 80 valence electrons. The lowest BCUT2D eigenvalue weighted by Crippen LogP contribution is -2.28. The van der Waals surface area contributed by atoms with E-state index in [1.54, 1.807) is 0 Å². The molecule has 0 radical (unpaired) electrons. The molecule has 0 bridgehead atoms. The maximum Gasteiger partial charge on any atom is 0.251 e. The first-order valence-electron chi connectivity index (χ1n) is 5.05. The Kier molecular flexibility index (Phi) is 2.75. The first-order chi connectivity index (χ1) is 6.99. The quantitative estimate of drug-likeness (QED) is 0.836. The van der Waals surface area contributed by atoms with Crippen LogP contribution in [0.25, 0.3) is 0 Å². The van der Waals surface area contributed by atoms with Gasteiger partial charge in [0.05, 0.1) is 0 Å². The Hall–Kier alpha value is -0.580. The Morgan fingerprint density at radius 3 is 2.40 bits per heavy atom. The zero-order valence-electron chi connectivity index (χ0n) is 8.88. The van der Waals surface area contributed by atoms with E-state index in [0.717, 1.165) is 15.6 Å². The summed E-state index contributed by atoms with van der Waals surface area (Å²) in [6.45, 7) is 4.34. The van der Waals surface area contributed by atoms with Gasteiger partial charge in [0.2, 0.25) is 0 Å².